The maximum Gasteiger partial charge on any atom is 0.264 e. The predicted molar refractivity (Wildman–Crippen MR) is 166 cm³/mol. The Balaban J connectivity index is 2.12. The van der Waals surface area contributed by atoms with Crippen LogP contribution in [-0.2, 0) is 26.2 Å². The van der Waals surface area contributed by atoms with E-state index in [-0.39, 0.29) is 23.4 Å². The second kappa shape index (κ2) is 13.9. The molecule has 1 atom stereocenters. The molecule has 0 aliphatic heterocycles. The highest BCUT2D eigenvalue weighted by Crippen LogP contribution is 2.30. The molecule has 0 bridgehead atoms. The molecule has 3 rings (SSSR count). The van der Waals surface area contributed by atoms with Crippen molar-refractivity contribution in [2.75, 3.05) is 10.8 Å². The normalized spacial score (nSPS) is 12.2. The number of carbonyl (C=O) groups is 2. The van der Waals surface area contributed by atoms with Crippen LogP contribution in [0.4, 0.5) is 5.69 Å². The minimum Gasteiger partial charge on any atom is -0.352 e. The number of aryl methyl sites for hydroxylation is 2. The summed E-state index contributed by atoms with van der Waals surface area (Å²) in [6, 6.07) is 15.0. The van der Waals surface area contributed by atoms with Crippen LogP contribution in [-0.4, -0.2) is 43.8 Å². The quantitative estimate of drug-likeness (QED) is 0.251. The molecule has 7 nitrogen and oxygen atoms in total. The van der Waals surface area contributed by atoms with Gasteiger partial charge < -0.3 is 10.2 Å². The van der Waals surface area contributed by atoms with E-state index in [0.717, 1.165) is 9.87 Å². The first-order valence-corrected chi connectivity index (χ1v) is 15.7. The third-order valence-electron chi connectivity index (χ3n) is 6.49. The van der Waals surface area contributed by atoms with Crippen LogP contribution in [0.3, 0.4) is 0 Å². The lowest BCUT2D eigenvalue weighted by Crippen LogP contribution is -2.53. The monoisotopic (exact) mass is 637 g/mol. The second-order valence-electron chi connectivity index (χ2n) is 10.1. The van der Waals surface area contributed by atoms with Crippen molar-refractivity contribution in [3.63, 3.8) is 0 Å². The molecule has 11 heteroatoms. The van der Waals surface area contributed by atoms with Gasteiger partial charge in [-0.25, -0.2) is 8.42 Å². The van der Waals surface area contributed by atoms with E-state index in [4.69, 9.17) is 34.8 Å². The van der Waals surface area contributed by atoms with Gasteiger partial charge in [-0.3, -0.25) is 13.9 Å². The molecule has 3 aromatic carbocycles. The van der Waals surface area contributed by atoms with Gasteiger partial charge in [0, 0.05) is 27.7 Å². The first-order chi connectivity index (χ1) is 19.2. The Labute approximate surface area is 257 Å². The summed E-state index contributed by atoms with van der Waals surface area (Å²) in [6.07, 6.45) is 0.292. The molecule has 0 saturated heterocycles. The fourth-order valence-corrected chi connectivity index (χ4v) is 6.56. The molecule has 41 heavy (non-hydrogen) atoms. The summed E-state index contributed by atoms with van der Waals surface area (Å²) in [6.45, 7) is 8.43. The number of nitrogens with zero attached hydrogens (tertiary/aromatic N) is 2. The van der Waals surface area contributed by atoms with E-state index in [9.17, 15) is 18.0 Å². The number of hydrogen-bond donors (Lipinski definition) is 1. The molecule has 0 heterocycles. The summed E-state index contributed by atoms with van der Waals surface area (Å²) in [4.78, 5) is 28.8. The third-order valence-corrected chi connectivity index (χ3v) is 9.08. The van der Waals surface area contributed by atoms with Crippen LogP contribution in [0.2, 0.25) is 15.1 Å². The zero-order valence-electron chi connectivity index (χ0n) is 23.6. The van der Waals surface area contributed by atoms with Crippen molar-refractivity contribution in [3.8, 4) is 0 Å². The Morgan fingerprint density at radius 2 is 1.51 bits per heavy atom. The first kappa shape index (κ1) is 32.7. The summed E-state index contributed by atoms with van der Waals surface area (Å²) in [5, 5.41) is 4.05. The molecule has 0 radical (unpaired) electrons. The largest absolute Gasteiger partial charge is 0.352 e. The van der Waals surface area contributed by atoms with Gasteiger partial charge in [0.1, 0.15) is 12.6 Å². The average molecular weight is 639 g/mol. The van der Waals surface area contributed by atoms with Crippen molar-refractivity contribution < 1.29 is 18.0 Å². The summed E-state index contributed by atoms with van der Waals surface area (Å²) in [5.41, 5.74) is 2.32. The summed E-state index contributed by atoms with van der Waals surface area (Å²) >= 11 is 18.7. The van der Waals surface area contributed by atoms with E-state index in [2.05, 4.69) is 5.32 Å². The number of sulfonamides is 1. The summed E-state index contributed by atoms with van der Waals surface area (Å²) in [7, 11) is -4.19. The smallest absolute Gasteiger partial charge is 0.264 e. The van der Waals surface area contributed by atoms with E-state index in [0.29, 0.717) is 38.3 Å². The number of anilines is 1. The standard InChI is InChI=1S/C30H34Cl3N3O4S/c1-6-27(30(38)34-19(2)3)35(17-22-9-10-24(32)16-26(22)33)29(37)18-36(28-14-11-23(31)15-21(28)5)41(39,40)25-12-7-20(4)8-13-25/h7-16,19,27H,6,17-18H2,1-5H3,(H,34,38)/t27-/m1/s1. The molecule has 0 fully saturated rings. The molecule has 0 saturated carbocycles. The Morgan fingerprint density at radius 3 is 2.07 bits per heavy atom. The van der Waals surface area contributed by atoms with Crippen LogP contribution in [0.15, 0.2) is 65.6 Å². The van der Waals surface area contributed by atoms with Crippen molar-refractivity contribution in [1.29, 1.82) is 0 Å². The van der Waals surface area contributed by atoms with Gasteiger partial charge in [0.25, 0.3) is 10.0 Å². The topological polar surface area (TPSA) is 86.8 Å². The highest BCUT2D eigenvalue weighted by molar-refractivity contribution is 7.92. The van der Waals surface area contributed by atoms with Crippen LogP contribution < -0.4 is 9.62 Å². The number of rotatable bonds is 11. The van der Waals surface area contributed by atoms with Crippen LogP contribution in [0.1, 0.15) is 43.9 Å². The Hall–Kier alpha value is -2.78. The van der Waals surface area contributed by atoms with Gasteiger partial charge in [-0.15, -0.1) is 0 Å². The van der Waals surface area contributed by atoms with Gasteiger partial charge in [0.2, 0.25) is 11.8 Å². The first-order valence-electron chi connectivity index (χ1n) is 13.1. The molecular weight excluding hydrogens is 605 g/mol. The van der Waals surface area contributed by atoms with Gasteiger partial charge in [-0.2, -0.15) is 0 Å². The number of hydrogen-bond acceptors (Lipinski definition) is 4. The molecule has 3 aromatic rings. The Morgan fingerprint density at radius 1 is 0.902 bits per heavy atom. The Bertz CT molecular complexity index is 1510. The third kappa shape index (κ3) is 8.16. The second-order valence-corrected chi connectivity index (χ2v) is 13.2. The van der Waals surface area contributed by atoms with Gasteiger partial charge >= 0.3 is 0 Å². The minimum absolute atomic E-state index is 0.0298. The molecule has 2 amide bonds. The fourth-order valence-electron chi connectivity index (χ4n) is 4.38. The Kier molecular flexibility index (Phi) is 11.1. The molecule has 0 aliphatic carbocycles. The van der Waals surface area contributed by atoms with E-state index in [1.54, 1.807) is 62.4 Å². The van der Waals surface area contributed by atoms with Crippen molar-refractivity contribution in [2.24, 2.45) is 0 Å². The molecule has 0 aliphatic rings. The van der Waals surface area contributed by atoms with E-state index in [1.807, 2.05) is 20.8 Å². The highest BCUT2D eigenvalue weighted by Gasteiger charge is 2.34. The predicted octanol–water partition coefficient (Wildman–Crippen LogP) is 6.79. The molecule has 1 N–H and O–H groups in total. The van der Waals surface area contributed by atoms with Gasteiger partial charge in [0.05, 0.1) is 10.6 Å². The lowest BCUT2D eigenvalue weighted by Gasteiger charge is -2.34. The van der Waals surface area contributed by atoms with E-state index in [1.165, 1.54) is 17.0 Å². The maximum absolute atomic E-state index is 14.2. The van der Waals surface area contributed by atoms with Gasteiger partial charge in [-0.05, 0) is 87.7 Å². The zero-order chi connectivity index (χ0) is 30.5. The lowest BCUT2D eigenvalue weighted by molar-refractivity contribution is -0.140. The molecule has 0 spiro atoms. The van der Waals surface area contributed by atoms with Crippen molar-refractivity contribution >= 4 is 62.3 Å². The number of nitrogens with one attached hydrogen (secondary N) is 1. The van der Waals surface area contributed by atoms with Crippen LogP contribution in [0.25, 0.3) is 0 Å². The van der Waals surface area contributed by atoms with Gasteiger partial charge in [-0.1, -0.05) is 65.5 Å². The summed E-state index contributed by atoms with van der Waals surface area (Å²) in [5.74, 6) is -0.927. The lowest BCUT2D eigenvalue weighted by atomic mass is 10.1. The highest BCUT2D eigenvalue weighted by atomic mass is 35.5. The van der Waals surface area contributed by atoms with Crippen molar-refractivity contribution in [3.05, 3.63) is 92.4 Å². The molecule has 0 unspecified atom stereocenters. The van der Waals surface area contributed by atoms with Crippen LogP contribution in [0, 0.1) is 13.8 Å². The molecule has 0 aromatic heterocycles. The number of benzene rings is 3. The minimum atomic E-state index is -4.19. The molecular formula is C30H34Cl3N3O4S. The average Bonchev–Trinajstić information content (AvgIpc) is 2.88. The van der Waals surface area contributed by atoms with E-state index >= 15 is 0 Å². The molecule has 220 valence electrons. The number of halogens is 3. The van der Waals surface area contributed by atoms with Crippen molar-refractivity contribution in [2.45, 2.75) is 64.6 Å². The summed E-state index contributed by atoms with van der Waals surface area (Å²) < 4.78 is 29.1. The maximum atomic E-state index is 14.2. The van der Waals surface area contributed by atoms with Crippen molar-refractivity contribution in [1.82, 2.24) is 10.2 Å². The van der Waals surface area contributed by atoms with Gasteiger partial charge in [0.15, 0.2) is 0 Å². The fraction of sp³-hybridized carbons (Fsp3) is 0.333. The SMILES string of the molecule is CC[C@H](C(=O)NC(C)C)N(Cc1ccc(Cl)cc1Cl)C(=O)CN(c1ccc(Cl)cc1C)S(=O)(=O)c1ccc(C)cc1. The van der Waals surface area contributed by atoms with E-state index < -0.39 is 28.5 Å². The number of amides is 2. The van der Waals surface area contributed by atoms with Crippen LogP contribution >= 0.6 is 34.8 Å². The van der Waals surface area contributed by atoms with Crippen LogP contribution in [0.5, 0.6) is 0 Å². The number of carbonyl (C=O) groups excluding carboxylic acids is 2. The zero-order valence-corrected chi connectivity index (χ0v) is 26.7.